The van der Waals surface area contributed by atoms with Crippen LogP contribution in [0.2, 0.25) is 0 Å². The van der Waals surface area contributed by atoms with E-state index in [4.69, 9.17) is 0 Å². The number of fused-ring (bicyclic) bond motifs is 1. The summed E-state index contributed by atoms with van der Waals surface area (Å²) in [7, 11) is 3.21. The second-order valence-corrected chi connectivity index (χ2v) is 7.94. The summed E-state index contributed by atoms with van der Waals surface area (Å²) in [6.45, 7) is 4.08. The molecule has 4 rings (SSSR count). The molecule has 0 unspecified atom stereocenters. The molecule has 2 aromatic heterocycles. The Kier molecular flexibility index (Phi) is 4.38. The van der Waals surface area contributed by atoms with Gasteiger partial charge in [0.25, 0.3) is 5.56 Å². The molecule has 0 saturated carbocycles. The van der Waals surface area contributed by atoms with Crippen LogP contribution in [0.15, 0.2) is 62.7 Å². The molecule has 0 bridgehead atoms. The van der Waals surface area contributed by atoms with Crippen LogP contribution in [-0.4, -0.2) is 13.7 Å². The van der Waals surface area contributed by atoms with Crippen molar-refractivity contribution in [2.75, 3.05) is 0 Å². The van der Waals surface area contributed by atoms with Crippen LogP contribution >= 0.6 is 15.9 Å². The molecule has 0 fully saturated rings. The summed E-state index contributed by atoms with van der Waals surface area (Å²) in [5.74, 6) is 0. The van der Waals surface area contributed by atoms with Crippen LogP contribution < -0.4 is 11.2 Å². The molecular formula is C22H20BrN3O2. The lowest BCUT2D eigenvalue weighted by atomic mass is 10.1. The third kappa shape index (κ3) is 2.67. The van der Waals surface area contributed by atoms with Gasteiger partial charge < -0.3 is 4.57 Å². The molecule has 5 nitrogen and oxygen atoms in total. The fraction of sp³-hybridized carbons (Fsp3) is 0.182. The van der Waals surface area contributed by atoms with Crippen LogP contribution in [0.1, 0.15) is 11.1 Å². The second-order valence-electron chi connectivity index (χ2n) is 7.08. The van der Waals surface area contributed by atoms with E-state index >= 15 is 0 Å². The molecule has 4 aromatic rings. The van der Waals surface area contributed by atoms with E-state index in [1.54, 1.807) is 7.05 Å². The first-order valence-corrected chi connectivity index (χ1v) is 9.74. The predicted molar refractivity (Wildman–Crippen MR) is 116 cm³/mol. The standard InChI is InChI=1S/C22H20BrN3O2/c1-13-9-10-14(2)17(11-13)26-12-18-19(21(27)25(4)22(28)24(18)3)20(26)15-7-5-6-8-16(15)23/h5-12H,1-4H3. The lowest BCUT2D eigenvalue weighted by Crippen LogP contribution is -2.36. The molecule has 6 heteroatoms. The van der Waals surface area contributed by atoms with Crippen molar-refractivity contribution in [2.45, 2.75) is 13.8 Å². The summed E-state index contributed by atoms with van der Waals surface area (Å²) in [5.41, 5.74) is 4.83. The summed E-state index contributed by atoms with van der Waals surface area (Å²) in [6.07, 6.45) is 1.88. The normalized spacial score (nSPS) is 11.3. The van der Waals surface area contributed by atoms with Crippen molar-refractivity contribution in [3.8, 4) is 16.9 Å². The number of rotatable bonds is 2. The van der Waals surface area contributed by atoms with Gasteiger partial charge in [-0.25, -0.2) is 4.79 Å². The zero-order valence-electron chi connectivity index (χ0n) is 16.2. The highest BCUT2D eigenvalue weighted by atomic mass is 79.9. The molecule has 28 heavy (non-hydrogen) atoms. The number of hydrogen-bond donors (Lipinski definition) is 0. The maximum absolute atomic E-state index is 13.1. The Morgan fingerprint density at radius 3 is 2.36 bits per heavy atom. The van der Waals surface area contributed by atoms with E-state index in [0.717, 1.165) is 37.1 Å². The van der Waals surface area contributed by atoms with E-state index in [2.05, 4.69) is 34.1 Å². The summed E-state index contributed by atoms with van der Waals surface area (Å²) in [4.78, 5) is 25.6. The third-order valence-electron chi connectivity index (χ3n) is 5.19. The minimum atomic E-state index is -0.339. The molecule has 0 N–H and O–H groups in total. The van der Waals surface area contributed by atoms with E-state index in [0.29, 0.717) is 10.9 Å². The number of benzene rings is 2. The number of aryl methyl sites for hydroxylation is 3. The summed E-state index contributed by atoms with van der Waals surface area (Å²) < 4.78 is 5.60. The minimum absolute atomic E-state index is 0.298. The van der Waals surface area contributed by atoms with E-state index < -0.39 is 0 Å². The molecule has 2 aromatic carbocycles. The van der Waals surface area contributed by atoms with Crippen LogP contribution in [0.5, 0.6) is 0 Å². The second kappa shape index (κ2) is 6.63. The van der Waals surface area contributed by atoms with Gasteiger partial charge in [-0.2, -0.15) is 0 Å². The first kappa shape index (κ1) is 18.5. The van der Waals surface area contributed by atoms with E-state index in [1.165, 1.54) is 11.6 Å². The van der Waals surface area contributed by atoms with Crippen LogP contribution in [0.4, 0.5) is 0 Å². The molecule has 0 aliphatic heterocycles. The fourth-order valence-corrected chi connectivity index (χ4v) is 4.10. The maximum atomic E-state index is 13.1. The van der Waals surface area contributed by atoms with Gasteiger partial charge in [-0.05, 0) is 37.1 Å². The molecule has 0 aliphatic carbocycles. The van der Waals surface area contributed by atoms with Gasteiger partial charge in [0.05, 0.1) is 16.6 Å². The van der Waals surface area contributed by atoms with Gasteiger partial charge in [0.15, 0.2) is 0 Å². The molecule has 0 saturated heterocycles. The van der Waals surface area contributed by atoms with E-state index in [1.807, 2.05) is 48.9 Å². The third-order valence-corrected chi connectivity index (χ3v) is 5.88. The Morgan fingerprint density at radius 1 is 0.929 bits per heavy atom. The van der Waals surface area contributed by atoms with Crippen molar-refractivity contribution in [2.24, 2.45) is 14.1 Å². The molecule has 2 heterocycles. The average Bonchev–Trinajstić information content (AvgIpc) is 3.07. The largest absolute Gasteiger partial charge is 0.330 e. The summed E-state index contributed by atoms with van der Waals surface area (Å²) in [5, 5.41) is 0.525. The van der Waals surface area contributed by atoms with Gasteiger partial charge in [-0.3, -0.25) is 13.9 Å². The maximum Gasteiger partial charge on any atom is 0.330 e. The molecule has 0 radical (unpaired) electrons. The molecular weight excluding hydrogens is 418 g/mol. The topological polar surface area (TPSA) is 48.9 Å². The molecule has 0 amide bonds. The first-order valence-electron chi connectivity index (χ1n) is 8.95. The van der Waals surface area contributed by atoms with Crippen molar-refractivity contribution in [1.82, 2.24) is 13.7 Å². The quantitative estimate of drug-likeness (QED) is 0.474. The number of aromatic nitrogens is 3. The van der Waals surface area contributed by atoms with Crippen molar-refractivity contribution in [3.63, 3.8) is 0 Å². The smallest absolute Gasteiger partial charge is 0.313 e. The Balaban J connectivity index is 2.28. The van der Waals surface area contributed by atoms with Gasteiger partial charge in [-0.15, -0.1) is 0 Å². The molecule has 0 spiro atoms. The van der Waals surface area contributed by atoms with Crippen molar-refractivity contribution in [1.29, 1.82) is 0 Å². The highest BCUT2D eigenvalue weighted by Crippen LogP contribution is 2.36. The molecule has 0 aliphatic rings. The minimum Gasteiger partial charge on any atom is -0.313 e. The Bertz CT molecular complexity index is 1360. The Labute approximate surface area is 170 Å². The Hall–Kier alpha value is -2.86. The van der Waals surface area contributed by atoms with Crippen LogP contribution in [0.25, 0.3) is 27.8 Å². The highest BCUT2D eigenvalue weighted by molar-refractivity contribution is 9.10. The number of hydrogen-bond acceptors (Lipinski definition) is 2. The van der Waals surface area contributed by atoms with Crippen molar-refractivity contribution in [3.05, 3.63) is 85.1 Å². The lowest BCUT2D eigenvalue weighted by molar-refractivity contribution is 0.714. The summed E-state index contributed by atoms with van der Waals surface area (Å²) >= 11 is 3.63. The van der Waals surface area contributed by atoms with Crippen molar-refractivity contribution < 1.29 is 0 Å². The average molecular weight is 438 g/mol. The van der Waals surface area contributed by atoms with E-state index in [-0.39, 0.29) is 11.2 Å². The van der Waals surface area contributed by atoms with Gasteiger partial charge in [0.1, 0.15) is 0 Å². The van der Waals surface area contributed by atoms with Crippen LogP contribution in [0.3, 0.4) is 0 Å². The van der Waals surface area contributed by atoms with Crippen LogP contribution in [0, 0.1) is 13.8 Å². The highest BCUT2D eigenvalue weighted by Gasteiger charge is 2.22. The number of halogens is 1. The first-order chi connectivity index (χ1) is 13.3. The molecule has 142 valence electrons. The van der Waals surface area contributed by atoms with Crippen LogP contribution in [-0.2, 0) is 14.1 Å². The Morgan fingerprint density at radius 2 is 1.64 bits per heavy atom. The predicted octanol–water partition coefficient (Wildman–Crippen LogP) is 4.07. The van der Waals surface area contributed by atoms with Gasteiger partial charge in [0, 0.05) is 36.0 Å². The summed E-state index contributed by atoms with van der Waals surface area (Å²) in [6, 6.07) is 14.0. The van der Waals surface area contributed by atoms with E-state index in [9.17, 15) is 9.59 Å². The van der Waals surface area contributed by atoms with Gasteiger partial charge >= 0.3 is 5.69 Å². The molecule has 0 atom stereocenters. The fourth-order valence-electron chi connectivity index (χ4n) is 3.63. The number of nitrogens with zero attached hydrogens (tertiary/aromatic N) is 3. The zero-order chi connectivity index (χ0) is 20.2. The zero-order valence-corrected chi connectivity index (χ0v) is 17.7. The van der Waals surface area contributed by atoms with Crippen molar-refractivity contribution >= 4 is 26.8 Å². The monoisotopic (exact) mass is 437 g/mol. The van der Waals surface area contributed by atoms with Gasteiger partial charge in [-0.1, -0.05) is 46.3 Å². The lowest BCUT2D eigenvalue weighted by Gasteiger charge is -2.14. The SMILES string of the molecule is Cc1ccc(C)c(-n2cc3c(c2-c2ccccc2Br)c(=O)n(C)c(=O)n3C)c1. The van der Waals surface area contributed by atoms with Gasteiger partial charge in [0.2, 0.25) is 0 Å².